The van der Waals surface area contributed by atoms with Crippen LogP contribution in [0.25, 0.3) is 22.3 Å². The molecule has 0 aliphatic heterocycles. The second-order valence-electron chi connectivity index (χ2n) is 10.8. The summed E-state index contributed by atoms with van der Waals surface area (Å²) < 4.78 is 0. The average molecular weight is 623 g/mol. The molecular formula is C40H30N8. The Morgan fingerprint density at radius 1 is 0.333 bits per heavy atom. The van der Waals surface area contributed by atoms with Crippen molar-refractivity contribution in [3.63, 3.8) is 0 Å². The van der Waals surface area contributed by atoms with Crippen LogP contribution in [0.5, 0.6) is 0 Å². The predicted octanol–water partition coefficient (Wildman–Crippen LogP) is 12.1. The Bertz CT molecular complexity index is 1990. The third-order valence-corrected chi connectivity index (χ3v) is 7.51. The zero-order valence-corrected chi connectivity index (χ0v) is 25.8. The molecule has 0 saturated carbocycles. The van der Waals surface area contributed by atoms with Crippen molar-refractivity contribution in [2.45, 2.75) is 0 Å². The fourth-order valence-electron chi connectivity index (χ4n) is 5.03. The molecule has 7 aromatic rings. The number of benzene rings is 5. The van der Waals surface area contributed by atoms with E-state index in [1.807, 2.05) is 84.9 Å². The van der Waals surface area contributed by atoms with E-state index in [1.165, 1.54) is 0 Å². The summed E-state index contributed by atoms with van der Waals surface area (Å²) in [6.45, 7) is 0. The summed E-state index contributed by atoms with van der Waals surface area (Å²) in [6.07, 6.45) is 3.40. The van der Waals surface area contributed by atoms with E-state index in [0.717, 1.165) is 56.4 Å². The smallest absolute Gasteiger partial charge is 0.174 e. The first kappa shape index (κ1) is 29.9. The van der Waals surface area contributed by atoms with Crippen molar-refractivity contribution in [1.82, 2.24) is 9.97 Å². The number of hydrogen-bond acceptors (Lipinski definition) is 8. The molecule has 8 heteroatoms. The summed E-state index contributed by atoms with van der Waals surface area (Å²) in [6, 6.07) is 52.1. The lowest BCUT2D eigenvalue weighted by Crippen LogP contribution is -1.91. The third kappa shape index (κ3) is 7.52. The molecule has 230 valence electrons. The molecule has 0 fully saturated rings. The Balaban J connectivity index is 0.995. The lowest BCUT2D eigenvalue weighted by atomic mass is 10.00. The van der Waals surface area contributed by atoms with Gasteiger partial charge >= 0.3 is 0 Å². The van der Waals surface area contributed by atoms with Gasteiger partial charge in [-0.15, -0.1) is 20.5 Å². The minimum Gasteiger partial charge on any atom is -0.354 e. The van der Waals surface area contributed by atoms with Gasteiger partial charge < -0.3 is 10.6 Å². The highest BCUT2D eigenvalue weighted by Gasteiger charge is 2.06. The van der Waals surface area contributed by atoms with Gasteiger partial charge in [0, 0.05) is 23.8 Å². The van der Waals surface area contributed by atoms with E-state index in [4.69, 9.17) is 0 Å². The number of azo groups is 2. The van der Waals surface area contributed by atoms with Crippen LogP contribution in [-0.2, 0) is 0 Å². The number of para-hydroxylation sites is 2. The van der Waals surface area contributed by atoms with Gasteiger partial charge in [0.1, 0.15) is 11.4 Å². The minimum atomic E-state index is 0.565. The van der Waals surface area contributed by atoms with Crippen LogP contribution in [0.15, 0.2) is 191 Å². The third-order valence-electron chi connectivity index (χ3n) is 7.51. The lowest BCUT2D eigenvalue weighted by molar-refractivity contribution is 1.15. The molecule has 2 heterocycles. The standard InChI is InChI=1S/C40H30N8/c1-3-11-37(45-47-39-13-5-7-27-41-39)35(9-1)43-33-23-19-31(20-24-33)29-15-17-30(18-16-29)32-21-25-34(26-22-32)44-36-10-2-4-12-38(36)46-48-40-14-6-8-28-42-40/h1-28,43-44H. The highest BCUT2D eigenvalue weighted by Crippen LogP contribution is 2.33. The second-order valence-corrected chi connectivity index (χ2v) is 10.8. The molecule has 2 N–H and O–H groups in total. The molecule has 0 spiro atoms. The summed E-state index contributed by atoms with van der Waals surface area (Å²) >= 11 is 0. The molecule has 0 bridgehead atoms. The SMILES string of the molecule is c1ccc(N=Nc2ccccc2Nc2ccc(-c3ccc(-c4ccc(Nc5ccccc5N=Nc5ccccn5)cc4)cc3)cc2)nc1. The first-order valence-electron chi connectivity index (χ1n) is 15.5. The van der Waals surface area contributed by atoms with Crippen molar-refractivity contribution in [2.24, 2.45) is 20.5 Å². The summed E-state index contributed by atoms with van der Waals surface area (Å²) in [5.41, 5.74) is 9.68. The molecular weight excluding hydrogens is 592 g/mol. The average Bonchev–Trinajstić information content (AvgIpc) is 3.16. The molecule has 0 aliphatic carbocycles. The summed E-state index contributed by atoms with van der Waals surface area (Å²) in [5, 5.41) is 24.3. The second kappa shape index (κ2) is 14.5. The van der Waals surface area contributed by atoms with Crippen molar-refractivity contribution in [1.29, 1.82) is 0 Å². The Hall–Kier alpha value is -6.80. The van der Waals surface area contributed by atoms with Crippen molar-refractivity contribution in [3.05, 3.63) is 170 Å². The van der Waals surface area contributed by atoms with E-state index >= 15 is 0 Å². The Morgan fingerprint density at radius 2 is 0.688 bits per heavy atom. The van der Waals surface area contributed by atoms with Crippen LogP contribution >= 0.6 is 0 Å². The molecule has 8 nitrogen and oxygen atoms in total. The van der Waals surface area contributed by atoms with Crippen molar-refractivity contribution in [2.75, 3.05) is 10.6 Å². The maximum absolute atomic E-state index is 4.40. The van der Waals surface area contributed by atoms with Gasteiger partial charge in [-0.2, -0.15) is 0 Å². The van der Waals surface area contributed by atoms with E-state index in [-0.39, 0.29) is 0 Å². The van der Waals surface area contributed by atoms with Crippen LogP contribution in [0.3, 0.4) is 0 Å². The first-order chi connectivity index (χ1) is 23.8. The van der Waals surface area contributed by atoms with Crippen molar-refractivity contribution < 1.29 is 0 Å². The molecule has 2 aromatic heterocycles. The number of rotatable bonds is 10. The zero-order chi connectivity index (χ0) is 32.4. The Labute approximate surface area is 278 Å². The summed E-state index contributed by atoms with van der Waals surface area (Å²) in [5.74, 6) is 1.13. The normalized spacial score (nSPS) is 11.2. The first-order valence-corrected chi connectivity index (χ1v) is 15.5. The fourth-order valence-corrected chi connectivity index (χ4v) is 5.03. The van der Waals surface area contributed by atoms with Gasteiger partial charge in [0.15, 0.2) is 11.6 Å². The maximum Gasteiger partial charge on any atom is 0.174 e. The Kier molecular flexibility index (Phi) is 9.05. The fraction of sp³-hybridized carbons (Fsp3) is 0. The van der Waals surface area contributed by atoms with Crippen LogP contribution in [0.4, 0.5) is 45.8 Å². The van der Waals surface area contributed by atoms with E-state index in [1.54, 1.807) is 12.4 Å². The number of pyridine rings is 2. The molecule has 0 amide bonds. The van der Waals surface area contributed by atoms with Crippen LogP contribution < -0.4 is 10.6 Å². The van der Waals surface area contributed by atoms with Gasteiger partial charge in [-0.3, -0.25) is 0 Å². The van der Waals surface area contributed by atoms with Gasteiger partial charge in [-0.05, 0) is 95.1 Å². The van der Waals surface area contributed by atoms with Crippen molar-refractivity contribution in [3.8, 4) is 22.3 Å². The molecule has 0 radical (unpaired) electrons. The predicted molar refractivity (Wildman–Crippen MR) is 194 cm³/mol. The highest BCUT2D eigenvalue weighted by atomic mass is 15.2. The van der Waals surface area contributed by atoms with Gasteiger partial charge in [-0.25, -0.2) is 9.97 Å². The molecule has 5 aromatic carbocycles. The number of nitrogens with one attached hydrogen (secondary N) is 2. The van der Waals surface area contributed by atoms with Crippen molar-refractivity contribution >= 4 is 45.8 Å². The highest BCUT2D eigenvalue weighted by molar-refractivity contribution is 5.77. The minimum absolute atomic E-state index is 0.565. The van der Waals surface area contributed by atoms with E-state index in [9.17, 15) is 0 Å². The van der Waals surface area contributed by atoms with E-state index in [0.29, 0.717) is 11.6 Å². The van der Waals surface area contributed by atoms with Crippen LogP contribution in [0.1, 0.15) is 0 Å². The molecule has 0 aliphatic rings. The number of hydrogen-bond donors (Lipinski definition) is 2. The quantitative estimate of drug-likeness (QED) is 0.148. The molecule has 0 unspecified atom stereocenters. The Morgan fingerprint density at radius 3 is 1.06 bits per heavy atom. The maximum atomic E-state index is 4.40. The molecule has 0 atom stereocenters. The lowest BCUT2D eigenvalue weighted by Gasteiger charge is -2.11. The summed E-state index contributed by atoms with van der Waals surface area (Å²) in [7, 11) is 0. The van der Waals surface area contributed by atoms with Gasteiger partial charge in [0.05, 0.1) is 11.4 Å². The van der Waals surface area contributed by atoms with E-state index in [2.05, 4.69) is 114 Å². The monoisotopic (exact) mass is 622 g/mol. The summed E-state index contributed by atoms with van der Waals surface area (Å²) in [4.78, 5) is 8.42. The number of nitrogens with zero attached hydrogens (tertiary/aromatic N) is 6. The zero-order valence-electron chi connectivity index (χ0n) is 25.8. The molecule has 48 heavy (non-hydrogen) atoms. The van der Waals surface area contributed by atoms with Gasteiger partial charge in [0.25, 0.3) is 0 Å². The number of aromatic nitrogens is 2. The molecule has 0 saturated heterocycles. The molecule has 7 rings (SSSR count). The van der Waals surface area contributed by atoms with Gasteiger partial charge in [0.2, 0.25) is 0 Å². The number of anilines is 4. The van der Waals surface area contributed by atoms with Gasteiger partial charge in [-0.1, -0.05) is 84.9 Å². The van der Waals surface area contributed by atoms with Crippen LogP contribution in [0, 0.1) is 0 Å². The van der Waals surface area contributed by atoms with E-state index < -0.39 is 0 Å². The van der Waals surface area contributed by atoms with Crippen LogP contribution in [-0.4, -0.2) is 9.97 Å². The topological polar surface area (TPSA) is 99.3 Å². The van der Waals surface area contributed by atoms with Crippen LogP contribution in [0.2, 0.25) is 0 Å². The largest absolute Gasteiger partial charge is 0.354 e.